The van der Waals surface area contributed by atoms with Gasteiger partial charge in [0.15, 0.2) is 0 Å². The van der Waals surface area contributed by atoms with Crippen LogP contribution >= 0.6 is 12.4 Å². The van der Waals surface area contributed by atoms with Crippen LogP contribution in [0, 0.1) is 0 Å². The van der Waals surface area contributed by atoms with E-state index in [-0.39, 0.29) is 12.4 Å². The van der Waals surface area contributed by atoms with E-state index >= 15 is 0 Å². The van der Waals surface area contributed by atoms with Gasteiger partial charge >= 0.3 is 28.4 Å². The standard InChI is InChI=1S/2C5H5.CH2.ClH.Zr/c2*1-2-4-5-3-1;;;/h2*1-5H;1H2;1H;/q2*-1;;;+2. The predicted octanol–water partition coefficient (Wildman–Crippen LogP) is 3.20. The molecule has 0 spiro atoms. The summed E-state index contributed by atoms with van der Waals surface area (Å²) >= 11 is 1.30. The molecule has 0 radical (unpaired) electrons. The van der Waals surface area contributed by atoms with Crippen molar-refractivity contribution in [1.82, 2.24) is 0 Å². The minimum atomic E-state index is 0. The van der Waals surface area contributed by atoms with E-state index in [2.05, 4.69) is 4.21 Å². The average Bonchev–Trinajstić information content (AvgIpc) is 2.87. The zero-order valence-electron chi connectivity index (χ0n) is 7.39. The second-order valence-electron chi connectivity index (χ2n) is 1.92. The molecule has 0 aliphatic heterocycles. The van der Waals surface area contributed by atoms with Crippen LogP contribution in [0.1, 0.15) is 0 Å². The third kappa shape index (κ3) is 11.7. The quantitative estimate of drug-likeness (QED) is 0.646. The van der Waals surface area contributed by atoms with Crippen molar-refractivity contribution >= 4 is 16.6 Å². The van der Waals surface area contributed by atoms with Crippen molar-refractivity contribution in [1.29, 1.82) is 0 Å². The molecule has 0 saturated heterocycles. The van der Waals surface area contributed by atoms with Crippen LogP contribution < -0.4 is 0 Å². The molecule has 0 atom stereocenters. The number of hydrogen-bond acceptors (Lipinski definition) is 0. The van der Waals surface area contributed by atoms with Crippen molar-refractivity contribution in [2.75, 3.05) is 0 Å². The molecule has 0 aromatic heterocycles. The first-order valence-electron chi connectivity index (χ1n) is 3.69. The van der Waals surface area contributed by atoms with Gasteiger partial charge < -0.3 is 0 Å². The Labute approximate surface area is 101 Å². The van der Waals surface area contributed by atoms with Crippen molar-refractivity contribution in [2.45, 2.75) is 0 Å². The monoisotopic (exact) mass is 270 g/mol. The topological polar surface area (TPSA) is 0 Å². The maximum absolute atomic E-state index is 3.34. The molecule has 0 fully saturated rings. The summed E-state index contributed by atoms with van der Waals surface area (Å²) in [4.78, 5) is 0. The van der Waals surface area contributed by atoms with E-state index < -0.39 is 0 Å². The van der Waals surface area contributed by atoms with Crippen molar-refractivity contribution < 1.29 is 24.2 Å². The molecule has 2 heteroatoms. The van der Waals surface area contributed by atoms with Crippen molar-refractivity contribution in [3.8, 4) is 0 Å². The smallest absolute Gasteiger partial charge is 0.172 e. The molecule has 68 valence electrons. The van der Waals surface area contributed by atoms with E-state index in [4.69, 9.17) is 0 Å². The number of rotatable bonds is 0. The van der Waals surface area contributed by atoms with E-state index in [1.807, 2.05) is 60.7 Å². The van der Waals surface area contributed by atoms with Gasteiger partial charge in [-0.1, -0.05) is 0 Å². The maximum Gasteiger partial charge on any atom is -0.172 e. The van der Waals surface area contributed by atoms with Gasteiger partial charge in [0.05, 0.1) is 0 Å². The fourth-order valence-corrected chi connectivity index (χ4v) is 0.642. The normalized spacial score (nSPS) is 6.62. The van der Waals surface area contributed by atoms with Crippen LogP contribution in [0.2, 0.25) is 0 Å². The first-order chi connectivity index (χ1) is 6.00. The summed E-state index contributed by atoms with van der Waals surface area (Å²) in [6, 6.07) is 20.0. The third-order valence-electron chi connectivity index (χ3n) is 1.11. The predicted molar refractivity (Wildman–Crippen MR) is 58.4 cm³/mol. The number of hydrogen-bond donors (Lipinski definition) is 0. The molecule has 13 heavy (non-hydrogen) atoms. The molecule has 0 amide bonds. The molecule has 2 aromatic rings. The van der Waals surface area contributed by atoms with Crippen LogP contribution in [0.15, 0.2) is 60.7 Å². The molecule has 2 aromatic carbocycles. The maximum atomic E-state index is 3.34. The van der Waals surface area contributed by atoms with Gasteiger partial charge in [-0.05, 0) is 0 Å². The Morgan fingerprint density at radius 3 is 1.00 bits per heavy atom. The van der Waals surface area contributed by atoms with Gasteiger partial charge in [0.25, 0.3) is 0 Å². The molecule has 0 aliphatic rings. The van der Waals surface area contributed by atoms with Gasteiger partial charge in [0, 0.05) is 0 Å². The molecule has 0 nitrogen and oxygen atoms in total. The van der Waals surface area contributed by atoms with Crippen LogP contribution in [0.5, 0.6) is 0 Å². The van der Waals surface area contributed by atoms with Crippen LogP contribution in [-0.2, 0) is 24.2 Å². The minimum absolute atomic E-state index is 0. The largest absolute Gasteiger partial charge is 0.214 e. The zero-order valence-corrected chi connectivity index (χ0v) is 10.7. The Balaban J connectivity index is 0. The summed E-state index contributed by atoms with van der Waals surface area (Å²) in [5, 5.41) is 0. The van der Waals surface area contributed by atoms with Gasteiger partial charge in [-0.15, -0.1) is 12.4 Å². The second kappa shape index (κ2) is 14.3. The van der Waals surface area contributed by atoms with E-state index in [9.17, 15) is 0 Å². The van der Waals surface area contributed by atoms with E-state index in [0.29, 0.717) is 0 Å². The number of halogens is 1. The fourth-order valence-electron chi connectivity index (χ4n) is 0.642. The Kier molecular flexibility index (Phi) is 16.7. The van der Waals surface area contributed by atoms with E-state index in [1.54, 1.807) is 0 Å². The Bertz CT molecular complexity index is 162. The Hall–Kier alpha value is -0.257. The zero-order chi connectivity index (χ0) is 9.07. The summed E-state index contributed by atoms with van der Waals surface area (Å²) < 4.78 is 3.34. The van der Waals surface area contributed by atoms with E-state index in [1.165, 1.54) is 24.2 Å². The van der Waals surface area contributed by atoms with Crippen molar-refractivity contribution in [3.05, 3.63) is 60.7 Å². The Morgan fingerprint density at radius 1 is 0.692 bits per heavy atom. The van der Waals surface area contributed by atoms with Gasteiger partial charge in [0.2, 0.25) is 0 Å². The molecule has 0 heterocycles. The fraction of sp³-hybridized carbons (Fsp3) is 0. The van der Waals surface area contributed by atoms with Gasteiger partial charge in [0.1, 0.15) is 0 Å². The Morgan fingerprint density at radius 2 is 0.923 bits per heavy atom. The molecule has 2 rings (SSSR count). The summed E-state index contributed by atoms with van der Waals surface area (Å²) in [5.41, 5.74) is 0. The van der Waals surface area contributed by atoms with Gasteiger partial charge in [-0.2, -0.15) is 36.4 Å². The first-order valence-corrected chi connectivity index (χ1v) is 5.42. The summed E-state index contributed by atoms with van der Waals surface area (Å²) in [6.07, 6.45) is 0. The summed E-state index contributed by atoms with van der Waals surface area (Å²) in [6.45, 7) is 0. The van der Waals surface area contributed by atoms with Crippen LogP contribution in [0.4, 0.5) is 0 Å². The molecule has 0 unspecified atom stereocenters. The average molecular weight is 272 g/mol. The second-order valence-corrected chi connectivity index (χ2v) is 1.92. The van der Waals surface area contributed by atoms with Crippen LogP contribution in [-0.4, -0.2) is 4.21 Å². The molecule has 0 aliphatic carbocycles. The van der Waals surface area contributed by atoms with Gasteiger partial charge in [-0.25, -0.2) is 24.3 Å². The molecular formula is C11H13ClZr. The van der Waals surface area contributed by atoms with E-state index in [0.717, 1.165) is 0 Å². The molecular weight excluding hydrogens is 259 g/mol. The molecule has 0 N–H and O–H groups in total. The summed E-state index contributed by atoms with van der Waals surface area (Å²) in [7, 11) is 0. The van der Waals surface area contributed by atoms with Crippen molar-refractivity contribution in [2.24, 2.45) is 0 Å². The van der Waals surface area contributed by atoms with Crippen LogP contribution in [0.25, 0.3) is 0 Å². The third-order valence-corrected chi connectivity index (χ3v) is 1.11. The SMILES string of the molecule is Cl.[CH2]=[Zr+2].c1cc[cH-]c1.c1cc[cH-]c1. The molecule has 0 bridgehead atoms. The van der Waals surface area contributed by atoms with Crippen molar-refractivity contribution in [3.63, 3.8) is 0 Å². The molecule has 0 saturated carbocycles. The van der Waals surface area contributed by atoms with Crippen LogP contribution in [0.3, 0.4) is 0 Å². The first kappa shape index (κ1) is 15.2. The summed E-state index contributed by atoms with van der Waals surface area (Å²) in [5.74, 6) is 0. The van der Waals surface area contributed by atoms with Gasteiger partial charge in [-0.3, -0.25) is 0 Å². The minimum Gasteiger partial charge on any atom is -0.214 e.